The van der Waals surface area contributed by atoms with Crippen LogP contribution in [0.2, 0.25) is 0 Å². The van der Waals surface area contributed by atoms with E-state index in [1.807, 2.05) is 4.90 Å². The van der Waals surface area contributed by atoms with Crippen molar-refractivity contribution in [1.82, 2.24) is 9.78 Å². The number of nitro groups is 1. The summed E-state index contributed by atoms with van der Waals surface area (Å²) in [6, 6.07) is 0. The van der Waals surface area contributed by atoms with Crippen molar-refractivity contribution in [2.75, 3.05) is 24.5 Å². The largest absolute Gasteiger partial charge is 0.351 e. The first kappa shape index (κ1) is 11.8. The van der Waals surface area contributed by atoms with Gasteiger partial charge in [-0.25, -0.2) is 4.68 Å². The third-order valence-electron chi connectivity index (χ3n) is 3.24. The molecule has 0 bridgehead atoms. The van der Waals surface area contributed by atoms with Crippen LogP contribution in [0.5, 0.6) is 0 Å². The topological polar surface area (TPSA) is 90.2 Å². The molecule has 7 nitrogen and oxygen atoms in total. The zero-order chi connectivity index (χ0) is 12.4. The van der Waals surface area contributed by atoms with Crippen LogP contribution in [-0.4, -0.2) is 34.3 Å². The normalized spacial score (nSPS) is 20.6. The Morgan fingerprint density at radius 1 is 1.71 bits per heavy atom. The van der Waals surface area contributed by atoms with Crippen molar-refractivity contribution in [3.8, 4) is 0 Å². The minimum Gasteiger partial charge on any atom is -0.351 e. The summed E-state index contributed by atoms with van der Waals surface area (Å²) in [4.78, 5) is 12.6. The van der Waals surface area contributed by atoms with E-state index in [2.05, 4.69) is 5.10 Å². The second-order valence-electron chi connectivity index (χ2n) is 4.42. The molecule has 1 aromatic heterocycles. The summed E-state index contributed by atoms with van der Waals surface area (Å²) >= 11 is 0. The van der Waals surface area contributed by atoms with Gasteiger partial charge in [0.25, 0.3) is 0 Å². The Morgan fingerprint density at radius 3 is 3.12 bits per heavy atom. The van der Waals surface area contributed by atoms with Crippen molar-refractivity contribution in [1.29, 1.82) is 0 Å². The molecule has 0 aromatic carbocycles. The minimum atomic E-state index is -0.381. The Bertz CT molecular complexity index is 417. The Hall–Kier alpha value is -1.63. The number of piperidine rings is 1. The second-order valence-corrected chi connectivity index (χ2v) is 4.42. The van der Waals surface area contributed by atoms with Crippen molar-refractivity contribution in [3.05, 3.63) is 16.3 Å². The van der Waals surface area contributed by atoms with Crippen LogP contribution in [0.25, 0.3) is 0 Å². The highest BCUT2D eigenvalue weighted by Gasteiger charge is 2.28. The average molecular weight is 239 g/mol. The number of anilines is 1. The van der Waals surface area contributed by atoms with E-state index in [9.17, 15) is 10.1 Å². The molecule has 1 aromatic rings. The lowest BCUT2D eigenvalue weighted by Crippen LogP contribution is -2.39. The van der Waals surface area contributed by atoms with Crippen molar-refractivity contribution in [2.24, 2.45) is 18.7 Å². The summed E-state index contributed by atoms with van der Waals surface area (Å²) in [5, 5.41) is 14.9. The van der Waals surface area contributed by atoms with Gasteiger partial charge < -0.3 is 10.6 Å². The molecule has 2 rings (SSSR count). The standard InChI is InChI=1S/C10H17N5O2/c1-13-10(9(6-12-13)15(16)17)14-4-2-3-8(5-11)7-14/h6,8H,2-5,7,11H2,1H3/t8-/m0/s1. The Labute approximate surface area is 99.3 Å². The number of aromatic nitrogens is 2. The molecule has 0 saturated carbocycles. The number of hydrogen-bond donors (Lipinski definition) is 1. The third kappa shape index (κ3) is 2.23. The molecule has 0 amide bonds. The van der Waals surface area contributed by atoms with Gasteiger partial charge in [-0.05, 0) is 25.3 Å². The van der Waals surface area contributed by atoms with Gasteiger partial charge in [0.2, 0.25) is 5.82 Å². The fraction of sp³-hybridized carbons (Fsp3) is 0.700. The number of aryl methyl sites for hydroxylation is 1. The highest BCUT2D eigenvalue weighted by atomic mass is 16.6. The lowest BCUT2D eigenvalue weighted by Gasteiger charge is -2.32. The van der Waals surface area contributed by atoms with Crippen LogP contribution < -0.4 is 10.6 Å². The average Bonchev–Trinajstić information content (AvgIpc) is 2.71. The van der Waals surface area contributed by atoms with Gasteiger partial charge in [0.05, 0.1) is 4.92 Å². The lowest BCUT2D eigenvalue weighted by atomic mass is 9.98. The summed E-state index contributed by atoms with van der Waals surface area (Å²) in [5.41, 5.74) is 5.75. The molecule has 94 valence electrons. The monoisotopic (exact) mass is 239 g/mol. The molecule has 1 saturated heterocycles. The van der Waals surface area contributed by atoms with Gasteiger partial charge in [-0.3, -0.25) is 10.1 Å². The molecule has 0 unspecified atom stereocenters. The van der Waals surface area contributed by atoms with E-state index in [4.69, 9.17) is 5.73 Å². The van der Waals surface area contributed by atoms with Crippen LogP contribution in [0.3, 0.4) is 0 Å². The first-order valence-electron chi connectivity index (χ1n) is 5.75. The van der Waals surface area contributed by atoms with E-state index in [0.717, 1.165) is 25.9 Å². The molecule has 1 aliphatic rings. The molecule has 0 aliphatic carbocycles. The maximum atomic E-state index is 10.9. The molecular weight excluding hydrogens is 222 g/mol. The molecule has 2 N–H and O–H groups in total. The quantitative estimate of drug-likeness (QED) is 0.613. The van der Waals surface area contributed by atoms with E-state index in [1.54, 1.807) is 11.7 Å². The van der Waals surface area contributed by atoms with Crippen molar-refractivity contribution in [2.45, 2.75) is 12.8 Å². The van der Waals surface area contributed by atoms with Gasteiger partial charge in [-0.15, -0.1) is 0 Å². The minimum absolute atomic E-state index is 0.0742. The van der Waals surface area contributed by atoms with Crippen molar-refractivity contribution >= 4 is 11.5 Å². The Balaban J connectivity index is 2.26. The van der Waals surface area contributed by atoms with E-state index < -0.39 is 0 Å². The highest BCUT2D eigenvalue weighted by Crippen LogP contribution is 2.30. The van der Waals surface area contributed by atoms with Gasteiger partial charge in [0, 0.05) is 20.1 Å². The Morgan fingerprint density at radius 2 is 2.47 bits per heavy atom. The van der Waals surface area contributed by atoms with Crippen LogP contribution in [-0.2, 0) is 7.05 Å². The molecule has 1 fully saturated rings. The smallest absolute Gasteiger partial charge is 0.331 e. The lowest BCUT2D eigenvalue weighted by molar-refractivity contribution is -0.384. The molecule has 0 radical (unpaired) electrons. The second kappa shape index (κ2) is 4.70. The number of rotatable bonds is 3. The summed E-state index contributed by atoms with van der Waals surface area (Å²) in [6.07, 6.45) is 3.42. The summed E-state index contributed by atoms with van der Waals surface area (Å²) in [7, 11) is 1.73. The van der Waals surface area contributed by atoms with E-state index in [1.165, 1.54) is 6.20 Å². The summed E-state index contributed by atoms with van der Waals surface area (Å²) in [6.45, 7) is 2.23. The fourth-order valence-corrected chi connectivity index (χ4v) is 2.36. The van der Waals surface area contributed by atoms with Crippen LogP contribution >= 0.6 is 0 Å². The van der Waals surface area contributed by atoms with Crippen molar-refractivity contribution < 1.29 is 4.92 Å². The van der Waals surface area contributed by atoms with Gasteiger partial charge in [0.15, 0.2) is 0 Å². The van der Waals surface area contributed by atoms with E-state index in [0.29, 0.717) is 18.3 Å². The summed E-state index contributed by atoms with van der Waals surface area (Å²) in [5.74, 6) is 1.01. The van der Waals surface area contributed by atoms with E-state index >= 15 is 0 Å². The van der Waals surface area contributed by atoms with Crippen LogP contribution in [0.1, 0.15) is 12.8 Å². The Kier molecular flexibility index (Phi) is 3.28. The zero-order valence-electron chi connectivity index (χ0n) is 9.87. The van der Waals surface area contributed by atoms with Crippen LogP contribution in [0, 0.1) is 16.0 Å². The molecule has 17 heavy (non-hydrogen) atoms. The number of nitrogens with two attached hydrogens (primary N) is 1. The molecule has 7 heteroatoms. The van der Waals surface area contributed by atoms with Gasteiger partial charge in [-0.2, -0.15) is 5.10 Å². The predicted molar refractivity (Wildman–Crippen MR) is 63.9 cm³/mol. The first-order valence-corrected chi connectivity index (χ1v) is 5.75. The molecule has 2 heterocycles. The van der Waals surface area contributed by atoms with Crippen LogP contribution in [0.4, 0.5) is 11.5 Å². The molecule has 0 spiro atoms. The summed E-state index contributed by atoms with van der Waals surface area (Å²) < 4.78 is 1.57. The maximum Gasteiger partial charge on any atom is 0.331 e. The highest BCUT2D eigenvalue weighted by molar-refractivity contribution is 5.57. The van der Waals surface area contributed by atoms with Gasteiger partial charge in [0.1, 0.15) is 6.20 Å². The zero-order valence-corrected chi connectivity index (χ0v) is 9.87. The van der Waals surface area contributed by atoms with Crippen molar-refractivity contribution in [3.63, 3.8) is 0 Å². The fourth-order valence-electron chi connectivity index (χ4n) is 2.36. The SMILES string of the molecule is Cn1ncc([N+](=O)[O-])c1N1CCC[C@@H](CN)C1. The first-order chi connectivity index (χ1) is 8.13. The van der Waals surface area contributed by atoms with E-state index in [-0.39, 0.29) is 10.6 Å². The number of nitrogens with zero attached hydrogens (tertiary/aromatic N) is 4. The third-order valence-corrected chi connectivity index (χ3v) is 3.24. The van der Waals surface area contributed by atoms with Gasteiger partial charge in [-0.1, -0.05) is 0 Å². The maximum absolute atomic E-state index is 10.9. The number of hydrogen-bond acceptors (Lipinski definition) is 5. The van der Waals surface area contributed by atoms with Crippen LogP contribution in [0.15, 0.2) is 6.20 Å². The predicted octanol–water partition coefficient (Wildman–Crippen LogP) is 0.503. The molecule has 1 aliphatic heterocycles. The molecular formula is C10H17N5O2. The molecule has 1 atom stereocenters. The van der Waals surface area contributed by atoms with Gasteiger partial charge >= 0.3 is 5.69 Å².